The molecular weight excluding hydrogens is 393 g/mol. The molecule has 2 aliphatic rings. The van der Waals surface area contributed by atoms with Gasteiger partial charge in [-0.25, -0.2) is 9.18 Å². The first kappa shape index (κ1) is 17.8. The molecule has 0 atom stereocenters. The van der Waals surface area contributed by atoms with Crippen molar-refractivity contribution in [1.82, 2.24) is 15.5 Å². The van der Waals surface area contributed by atoms with Crippen LogP contribution in [-0.4, -0.2) is 34.8 Å². The molecule has 0 unspecified atom stereocenters. The first-order valence-corrected chi connectivity index (χ1v) is 9.05. The Balaban J connectivity index is 1.60. The predicted octanol–water partition coefficient (Wildman–Crippen LogP) is 2.46. The predicted molar refractivity (Wildman–Crippen MR) is 92.0 cm³/mol. The van der Waals surface area contributed by atoms with E-state index in [1.54, 1.807) is 12.1 Å². The normalized spacial score (nSPS) is 19.2. The zero-order valence-corrected chi connectivity index (χ0v) is 15.2. The van der Waals surface area contributed by atoms with Gasteiger partial charge in [-0.05, 0) is 31.0 Å². The number of urea groups is 1. The number of benzene rings is 1. The molecule has 4 amide bonds. The van der Waals surface area contributed by atoms with Gasteiger partial charge in [0.1, 0.15) is 17.9 Å². The number of imide groups is 1. The van der Waals surface area contributed by atoms with E-state index in [-0.39, 0.29) is 19.0 Å². The number of rotatable bonds is 4. The Bertz CT molecular complexity index is 719. The summed E-state index contributed by atoms with van der Waals surface area (Å²) < 4.78 is 14.4. The van der Waals surface area contributed by atoms with Crippen molar-refractivity contribution in [2.75, 3.05) is 6.54 Å². The third-order valence-electron chi connectivity index (χ3n) is 4.74. The highest BCUT2D eigenvalue weighted by atomic mass is 79.9. The summed E-state index contributed by atoms with van der Waals surface area (Å²) in [5, 5.41) is 5.31. The smallest absolute Gasteiger partial charge is 0.325 e. The SMILES string of the molecule is O=C(CN1C(=O)NC2(CCCCC2)C1=O)NCc1cc(Br)ccc1F. The molecule has 0 aromatic heterocycles. The van der Waals surface area contributed by atoms with E-state index in [2.05, 4.69) is 26.6 Å². The van der Waals surface area contributed by atoms with Crippen molar-refractivity contribution >= 4 is 33.8 Å². The Morgan fingerprint density at radius 2 is 2.00 bits per heavy atom. The van der Waals surface area contributed by atoms with Crippen molar-refractivity contribution in [2.45, 2.75) is 44.2 Å². The first-order chi connectivity index (χ1) is 11.9. The monoisotopic (exact) mass is 411 g/mol. The van der Waals surface area contributed by atoms with Crippen LogP contribution in [-0.2, 0) is 16.1 Å². The summed E-state index contributed by atoms with van der Waals surface area (Å²) in [5.74, 6) is -1.27. The third-order valence-corrected chi connectivity index (χ3v) is 5.23. The Kier molecular flexibility index (Phi) is 5.08. The van der Waals surface area contributed by atoms with Crippen molar-refractivity contribution in [3.05, 3.63) is 34.1 Å². The van der Waals surface area contributed by atoms with E-state index in [1.807, 2.05) is 0 Å². The molecular formula is C17H19BrFN3O3. The summed E-state index contributed by atoms with van der Waals surface area (Å²) in [6, 6.07) is 3.91. The Labute approximate surface area is 153 Å². The number of nitrogens with one attached hydrogen (secondary N) is 2. The van der Waals surface area contributed by atoms with Gasteiger partial charge in [0.15, 0.2) is 0 Å². The highest BCUT2D eigenvalue weighted by molar-refractivity contribution is 9.10. The van der Waals surface area contributed by atoms with Crippen LogP contribution in [0.25, 0.3) is 0 Å². The molecule has 1 aliphatic carbocycles. The summed E-state index contributed by atoms with van der Waals surface area (Å²) >= 11 is 3.25. The average Bonchev–Trinajstić information content (AvgIpc) is 2.80. The lowest BCUT2D eigenvalue weighted by molar-refractivity contribution is -0.135. The molecule has 6 nitrogen and oxygen atoms in total. The molecule has 2 fully saturated rings. The quantitative estimate of drug-likeness (QED) is 0.746. The molecule has 0 radical (unpaired) electrons. The maximum absolute atomic E-state index is 13.7. The van der Waals surface area contributed by atoms with Crippen LogP contribution < -0.4 is 10.6 Å². The number of amides is 4. The minimum Gasteiger partial charge on any atom is -0.350 e. The summed E-state index contributed by atoms with van der Waals surface area (Å²) in [4.78, 5) is 37.8. The fourth-order valence-electron chi connectivity index (χ4n) is 3.39. The van der Waals surface area contributed by atoms with E-state index in [0.29, 0.717) is 22.9 Å². The van der Waals surface area contributed by atoms with Gasteiger partial charge in [-0.1, -0.05) is 35.2 Å². The largest absolute Gasteiger partial charge is 0.350 e. The minimum absolute atomic E-state index is 0.0150. The van der Waals surface area contributed by atoms with Gasteiger partial charge in [0.25, 0.3) is 5.91 Å². The zero-order valence-electron chi connectivity index (χ0n) is 13.6. The number of hydrogen-bond acceptors (Lipinski definition) is 3. The second-order valence-electron chi connectivity index (χ2n) is 6.48. The second kappa shape index (κ2) is 7.11. The lowest BCUT2D eigenvalue weighted by Crippen LogP contribution is -2.49. The van der Waals surface area contributed by atoms with Crippen LogP contribution in [0.15, 0.2) is 22.7 Å². The standard InChI is InChI=1S/C17H19BrFN3O3/c18-12-4-5-13(19)11(8-12)9-20-14(23)10-22-15(24)17(21-16(22)25)6-2-1-3-7-17/h4-5,8H,1-3,6-7,9-10H2,(H,20,23)(H,21,25). The van der Waals surface area contributed by atoms with Crippen molar-refractivity contribution in [3.63, 3.8) is 0 Å². The van der Waals surface area contributed by atoms with Crippen molar-refractivity contribution < 1.29 is 18.8 Å². The Morgan fingerprint density at radius 3 is 2.72 bits per heavy atom. The number of carbonyl (C=O) groups is 3. The van der Waals surface area contributed by atoms with E-state index in [9.17, 15) is 18.8 Å². The number of halogens is 2. The van der Waals surface area contributed by atoms with Gasteiger partial charge in [-0.2, -0.15) is 0 Å². The fourth-order valence-corrected chi connectivity index (χ4v) is 3.79. The highest BCUT2D eigenvalue weighted by Gasteiger charge is 2.51. The maximum Gasteiger partial charge on any atom is 0.325 e. The van der Waals surface area contributed by atoms with Crippen LogP contribution in [0.3, 0.4) is 0 Å². The summed E-state index contributed by atoms with van der Waals surface area (Å²) in [5.41, 5.74) is -0.518. The summed E-state index contributed by atoms with van der Waals surface area (Å²) in [6.45, 7) is -0.374. The molecule has 1 heterocycles. The molecule has 1 aliphatic heterocycles. The van der Waals surface area contributed by atoms with Crippen molar-refractivity contribution in [2.24, 2.45) is 0 Å². The van der Waals surface area contributed by atoms with E-state index >= 15 is 0 Å². The van der Waals surface area contributed by atoms with Crippen LogP contribution in [0.2, 0.25) is 0 Å². The average molecular weight is 412 g/mol. The van der Waals surface area contributed by atoms with Crippen LogP contribution in [0.4, 0.5) is 9.18 Å². The van der Waals surface area contributed by atoms with Crippen molar-refractivity contribution in [3.8, 4) is 0 Å². The van der Waals surface area contributed by atoms with Gasteiger partial charge in [0.2, 0.25) is 5.91 Å². The molecule has 1 saturated carbocycles. The first-order valence-electron chi connectivity index (χ1n) is 8.26. The van der Waals surface area contributed by atoms with Gasteiger partial charge in [0, 0.05) is 16.6 Å². The van der Waals surface area contributed by atoms with Crippen LogP contribution in [0.1, 0.15) is 37.7 Å². The van der Waals surface area contributed by atoms with Crippen LogP contribution in [0, 0.1) is 5.82 Å². The molecule has 134 valence electrons. The van der Waals surface area contributed by atoms with E-state index in [0.717, 1.165) is 24.2 Å². The Morgan fingerprint density at radius 1 is 1.28 bits per heavy atom. The van der Waals surface area contributed by atoms with Crippen molar-refractivity contribution in [1.29, 1.82) is 0 Å². The van der Waals surface area contributed by atoms with E-state index < -0.39 is 23.3 Å². The maximum atomic E-state index is 13.7. The van der Waals surface area contributed by atoms with E-state index in [4.69, 9.17) is 0 Å². The van der Waals surface area contributed by atoms with Gasteiger partial charge in [0.05, 0.1) is 0 Å². The minimum atomic E-state index is -0.841. The van der Waals surface area contributed by atoms with Gasteiger partial charge < -0.3 is 10.6 Å². The fraction of sp³-hybridized carbons (Fsp3) is 0.471. The molecule has 3 rings (SSSR count). The van der Waals surface area contributed by atoms with Crippen LogP contribution in [0.5, 0.6) is 0 Å². The molecule has 1 spiro atoms. The third kappa shape index (κ3) is 3.68. The number of carbonyl (C=O) groups excluding carboxylic acids is 3. The summed E-state index contributed by atoms with van der Waals surface area (Å²) in [7, 11) is 0. The van der Waals surface area contributed by atoms with Gasteiger partial charge >= 0.3 is 6.03 Å². The Hall–Kier alpha value is -1.96. The van der Waals surface area contributed by atoms with Gasteiger partial charge in [-0.15, -0.1) is 0 Å². The van der Waals surface area contributed by atoms with E-state index in [1.165, 1.54) is 6.07 Å². The lowest BCUT2D eigenvalue weighted by atomic mass is 9.82. The zero-order chi connectivity index (χ0) is 18.0. The molecule has 1 aromatic rings. The second-order valence-corrected chi connectivity index (χ2v) is 7.39. The summed E-state index contributed by atoms with van der Waals surface area (Å²) in [6.07, 6.45) is 4.03. The molecule has 25 heavy (non-hydrogen) atoms. The molecule has 1 aromatic carbocycles. The molecule has 0 bridgehead atoms. The van der Waals surface area contributed by atoms with Gasteiger partial charge in [-0.3, -0.25) is 14.5 Å². The molecule has 1 saturated heterocycles. The number of hydrogen-bond donors (Lipinski definition) is 2. The molecule has 2 N–H and O–H groups in total. The van der Waals surface area contributed by atoms with Crippen LogP contribution >= 0.6 is 15.9 Å². The topological polar surface area (TPSA) is 78.5 Å². The highest BCUT2D eigenvalue weighted by Crippen LogP contribution is 2.33. The number of nitrogens with zero attached hydrogens (tertiary/aromatic N) is 1. The molecule has 8 heteroatoms. The lowest BCUT2D eigenvalue weighted by Gasteiger charge is -2.30.